The zero-order chi connectivity index (χ0) is 15.9. The molecule has 6 heteroatoms. The number of nitrogens with one attached hydrogen (secondary N) is 1. The Kier molecular flexibility index (Phi) is 6.27. The number of carbonyl (C=O) groups is 2. The summed E-state index contributed by atoms with van der Waals surface area (Å²) in [6.45, 7) is 0.649. The molecule has 1 saturated heterocycles. The molecule has 0 spiro atoms. The van der Waals surface area contributed by atoms with Crippen LogP contribution in [0.1, 0.15) is 23.2 Å². The summed E-state index contributed by atoms with van der Waals surface area (Å²) in [6, 6.07) is 7.77. The number of methoxy groups -OCH3 is 2. The van der Waals surface area contributed by atoms with E-state index in [4.69, 9.17) is 9.47 Å². The largest absolute Gasteiger partial charge is 0.469 e. The third-order valence-electron chi connectivity index (χ3n) is 3.78. The maximum atomic E-state index is 11.7. The van der Waals surface area contributed by atoms with Crippen LogP contribution < -0.4 is 5.32 Å². The fraction of sp³-hybridized carbons (Fsp3) is 0.500. The first-order valence-corrected chi connectivity index (χ1v) is 8.25. The molecule has 0 unspecified atom stereocenters. The van der Waals surface area contributed by atoms with Crippen LogP contribution in [0, 0.1) is 5.92 Å². The Balaban J connectivity index is 1.87. The van der Waals surface area contributed by atoms with Gasteiger partial charge in [-0.2, -0.15) is 0 Å². The molecule has 0 saturated carbocycles. The molecule has 0 amide bonds. The summed E-state index contributed by atoms with van der Waals surface area (Å²) in [5, 5.41) is 3.38. The highest BCUT2D eigenvalue weighted by Crippen LogP contribution is 2.26. The van der Waals surface area contributed by atoms with Gasteiger partial charge in [-0.1, -0.05) is 12.1 Å². The smallest absolute Gasteiger partial charge is 0.338 e. The lowest BCUT2D eigenvalue weighted by molar-refractivity contribution is -0.146. The van der Waals surface area contributed by atoms with Gasteiger partial charge >= 0.3 is 11.9 Å². The molecule has 0 aliphatic carbocycles. The van der Waals surface area contributed by atoms with Gasteiger partial charge in [-0.05, 0) is 25.0 Å². The maximum Gasteiger partial charge on any atom is 0.338 e. The fourth-order valence-electron chi connectivity index (χ4n) is 2.49. The molecule has 2 rings (SSSR count). The zero-order valence-corrected chi connectivity index (χ0v) is 13.7. The van der Waals surface area contributed by atoms with Crippen LogP contribution in [0.5, 0.6) is 0 Å². The van der Waals surface area contributed by atoms with Crippen molar-refractivity contribution >= 4 is 23.7 Å². The maximum absolute atomic E-state index is 11.7. The highest BCUT2D eigenvalue weighted by molar-refractivity contribution is 7.99. The van der Waals surface area contributed by atoms with Crippen LogP contribution in [0.15, 0.2) is 29.2 Å². The van der Waals surface area contributed by atoms with Gasteiger partial charge in [0.1, 0.15) is 0 Å². The van der Waals surface area contributed by atoms with Crippen molar-refractivity contribution in [2.24, 2.45) is 5.92 Å². The number of benzene rings is 1. The first-order valence-electron chi connectivity index (χ1n) is 7.27. The number of rotatable bonds is 5. The molecule has 1 heterocycles. The second-order valence-electron chi connectivity index (χ2n) is 5.20. The summed E-state index contributed by atoms with van der Waals surface area (Å²) in [5.41, 5.74) is 0.596. The molecule has 5 nitrogen and oxygen atoms in total. The van der Waals surface area contributed by atoms with Gasteiger partial charge < -0.3 is 14.8 Å². The monoisotopic (exact) mass is 323 g/mol. The van der Waals surface area contributed by atoms with E-state index in [1.807, 2.05) is 18.2 Å². The minimum atomic E-state index is -0.314. The standard InChI is InChI=1S/C16H21NO4S/c1-20-15(18)11-7-8-12(17-9-11)10-22-14-6-4-3-5-13(14)16(19)21-2/h3-6,11-12,17H,7-10H2,1-2H3/t11-,12+/m0/s1. The molecule has 1 aliphatic rings. The Bertz CT molecular complexity index is 527. The van der Waals surface area contributed by atoms with Crippen molar-refractivity contribution in [1.29, 1.82) is 0 Å². The van der Waals surface area contributed by atoms with Crippen LogP contribution in [-0.4, -0.2) is 44.5 Å². The SMILES string of the molecule is COC(=O)c1ccccc1SC[C@H]1CC[C@H](C(=O)OC)CN1. The summed E-state index contributed by atoms with van der Waals surface area (Å²) in [5.74, 6) is 0.343. The number of carbonyl (C=O) groups excluding carboxylic acids is 2. The van der Waals surface area contributed by atoms with Crippen LogP contribution >= 0.6 is 11.8 Å². The minimum absolute atomic E-state index is 0.0476. The average molecular weight is 323 g/mol. The third kappa shape index (κ3) is 4.24. The van der Waals surface area contributed by atoms with Crippen LogP contribution in [0.2, 0.25) is 0 Å². The van der Waals surface area contributed by atoms with Crippen molar-refractivity contribution in [1.82, 2.24) is 5.32 Å². The van der Waals surface area contributed by atoms with Crippen LogP contribution in [0.4, 0.5) is 0 Å². The van der Waals surface area contributed by atoms with E-state index in [-0.39, 0.29) is 17.9 Å². The van der Waals surface area contributed by atoms with Gasteiger partial charge in [0, 0.05) is 23.2 Å². The van der Waals surface area contributed by atoms with Crippen molar-refractivity contribution in [2.45, 2.75) is 23.8 Å². The Morgan fingerprint density at radius 3 is 2.64 bits per heavy atom. The average Bonchev–Trinajstić information content (AvgIpc) is 2.59. The van der Waals surface area contributed by atoms with Gasteiger partial charge in [-0.15, -0.1) is 11.8 Å². The van der Waals surface area contributed by atoms with Gasteiger partial charge in [0.05, 0.1) is 25.7 Å². The number of piperidine rings is 1. The molecular weight excluding hydrogens is 302 g/mol. The first kappa shape index (κ1) is 16.8. The lowest BCUT2D eigenvalue weighted by Crippen LogP contribution is -2.43. The van der Waals surface area contributed by atoms with E-state index in [2.05, 4.69) is 5.32 Å². The normalized spacial score (nSPS) is 21.2. The molecule has 0 aromatic heterocycles. The van der Waals surface area contributed by atoms with Crippen molar-refractivity contribution in [3.8, 4) is 0 Å². The van der Waals surface area contributed by atoms with Crippen LogP contribution in [0.25, 0.3) is 0 Å². The quantitative estimate of drug-likeness (QED) is 0.661. The zero-order valence-electron chi connectivity index (χ0n) is 12.8. The van der Waals surface area contributed by atoms with E-state index in [1.165, 1.54) is 14.2 Å². The molecule has 2 atom stereocenters. The summed E-state index contributed by atoms with van der Waals surface area (Å²) in [6.07, 6.45) is 1.76. The van der Waals surface area contributed by atoms with E-state index in [9.17, 15) is 9.59 Å². The first-order chi connectivity index (χ1) is 10.7. The van der Waals surface area contributed by atoms with E-state index >= 15 is 0 Å². The number of ether oxygens (including phenoxy) is 2. The molecule has 1 aliphatic heterocycles. The molecule has 120 valence electrons. The number of hydrogen-bond donors (Lipinski definition) is 1. The molecule has 22 heavy (non-hydrogen) atoms. The predicted octanol–water partition coefficient (Wildman–Crippen LogP) is 2.11. The number of thioether (sulfide) groups is 1. The molecule has 1 N–H and O–H groups in total. The molecule has 0 radical (unpaired) electrons. The minimum Gasteiger partial charge on any atom is -0.469 e. The molecule has 1 fully saturated rings. The molecule has 1 aromatic carbocycles. The van der Waals surface area contributed by atoms with E-state index in [1.54, 1.807) is 17.8 Å². The van der Waals surface area contributed by atoms with Crippen LogP contribution in [-0.2, 0) is 14.3 Å². The summed E-state index contributed by atoms with van der Waals surface area (Å²) in [4.78, 5) is 24.1. The molecule has 0 bridgehead atoms. The molecule has 1 aromatic rings. The number of esters is 2. The van der Waals surface area contributed by atoms with Gasteiger partial charge in [0.2, 0.25) is 0 Å². The summed E-state index contributed by atoms with van der Waals surface area (Å²) in [7, 11) is 2.81. The lowest BCUT2D eigenvalue weighted by Gasteiger charge is -2.28. The van der Waals surface area contributed by atoms with Gasteiger partial charge in [0.15, 0.2) is 0 Å². The summed E-state index contributed by atoms with van der Waals surface area (Å²) < 4.78 is 9.58. The Hall–Kier alpha value is -1.53. The van der Waals surface area contributed by atoms with Crippen molar-refractivity contribution in [3.05, 3.63) is 29.8 Å². The Morgan fingerprint density at radius 2 is 2.00 bits per heavy atom. The lowest BCUT2D eigenvalue weighted by atomic mass is 9.96. The predicted molar refractivity (Wildman–Crippen MR) is 85.0 cm³/mol. The molecular formula is C16H21NO4S. The van der Waals surface area contributed by atoms with Crippen molar-refractivity contribution < 1.29 is 19.1 Å². The Labute approximate surface area is 134 Å². The van der Waals surface area contributed by atoms with E-state index < -0.39 is 0 Å². The van der Waals surface area contributed by atoms with Crippen molar-refractivity contribution in [2.75, 3.05) is 26.5 Å². The van der Waals surface area contributed by atoms with E-state index in [0.717, 1.165) is 23.5 Å². The fourth-order valence-corrected chi connectivity index (χ4v) is 3.63. The van der Waals surface area contributed by atoms with E-state index in [0.29, 0.717) is 18.2 Å². The second kappa shape index (κ2) is 8.19. The highest BCUT2D eigenvalue weighted by Gasteiger charge is 2.26. The Morgan fingerprint density at radius 1 is 1.23 bits per heavy atom. The summed E-state index contributed by atoms with van der Waals surface area (Å²) >= 11 is 1.63. The highest BCUT2D eigenvalue weighted by atomic mass is 32.2. The topological polar surface area (TPSA) is 64.6 Å². The van der Waals surface area contributed by atoms with Crippen molar-refractivity contribution in [3.63, 3.8) is 0 Å². The van der Waals surface area contributed by atoms with Gasteiger partial charge in [0.25, 0.3) is 0 Å². The van der Waals surface area contributed by atoms with Crippen LogP contribution in [0.3, 0.4) is 0 Å². The van der Waals surface area contributed by atoms with Gasteiger partial charge in [-0.25, -0.2) is 4.79 Å². The van der Waals surface area contributed by atoms with Gasteiger partial charge in [-0.3, -0.25) is 4.79 Å². The second-order valence-corrected chi connectivity index (χ2v) is 6.26. The third-order valence-corrected chi connectivity index (χ3v) is 5.02. The number of hydrogen-bond acceptors (Lipinski definition) is 6.